The number of hydrogen-bond donors (Lipinski definition) is 1. The first-order valence-corrected chi connectivity index (χ1v) is 11.8. The lowest BCUT2D eigenvalue weighted by molar-refractivity contribution is -0.139. The zero-order chi connectivity index (χ0) is 25.6. The minimum Gasteiger partial charge on any atom is -0.496 e. The molecule has 1 N–H and O–H groups in total. The standard InChI is InChI=1S/C27H36N2O6/c1-14-9-16-10-19-24(28(3)4)17-11-21(32-5)15(2)26(34-7)18(17)12-22(31)29(19)20(13-30)23(16)27(35-8)25(14)33-6/h9,11,19-20,24,30H,10,12-13H2,1-8H3/t19-,20-,24?/m0/s1. The first-order chi connectivity index (χ1) is 16.7. The van der Waals surface area contributed by atoms with Crippen LogP contribution in [0.4, 0.5) is 0 Å². The van der Waals surface area contributed by atoms with Gasteiger partial charge in [-0.3, -0.25) is 4.79 Å². The van der Waals surface area contributed by atoms with Crippen LogP contribution in [-0.2, 0) is 17.6 Å². The molecule has 35 heavy (non-hydrogen) atoms. The first kappa shape index (κ1) is 25.1. The second kappa shape index (κ2) is 9.59. The van der Waals surface area contributed by atoms with E-state index < -0.39 is 6.04 Å². The van der Waals surface area contributed by atoms with Crippen LogP contribution in [0.2, 0.25) is 0 Å². The second-order valence-electron chi connectivity index (χ2n) is 9.49. The van der Waals surface area contributed by atoms with Crippen LogP contribution in [0.15, 0.2) is 12.1 Å². The van der Waals surface area contributed by atoms with Gasteiger partial charge in [0, 0.05) is 16.7 Å². The summed E-state index contributed by atoms with van der Waals surface area (Å²) in [7, 11) is 10.5. The molecule has 1 unspecified atom stereocenters. The van der Waals surface area contributed by atoms with Gasteiger partial charge in [-0.1, -0.05) is 6.07 Å². The van der Waals surface area contributed by atoms with Crippen LogP contribution in [0.3, 0.4) is 0 Å². The largest absolute Gasteiger partial charge is 0.496 e. The number of likely N-dealkylation sites (N-methyl/N-ethyl adjacent to an activating group) is 1. The molecule has 0 aliphatic carbocycles. The van der Waals surface area contributed by atoms with Crippen LogP contribution < -0.4 is 18.9 Å². The van der Waals surface area contributed by atoms with Gasteiger partial charge < -0.3 is 33.9 Å². The number of aliphatic hydroxyl groups is 1. The number of aryl methyl sites for hydroxylation is 1. The molecule has 2 aliphatic heterocycles. The molecule has 2 aliphatic rings. The van der Waals surface area contributed by atoms with Crippen molar-refractivity contribution in [1.29, 1.82) is 0 Å². The SMILES string of the molecule is COc1cc2c(c(OC)c1C)CC(=O)N1[C@@H](CO)c3c(cc(C)c(OC)c3OC)C[C@H]1C2N(C)C. The highest BCUT2D eigenvalue weighted by Crippen LogP contribution is 2.50. The lowest BCUT2D eigenvalue weighted by Gasteiger charge is -2.47. The molecular formula is C27H36N2O6. The molecule has 8 heteroatoms. The Morgan fingerprint density at radius 2 is 1.66 bits per heavy atom. The third-order valence-electron chi connectivity index (χ3n) is 7.48. The third-order valence-corrected chi connectivity index (χ3v) is 7.48. The summed E-state index contributed by atoms with van der Waals surface area (Å²) in [5.74, 6) is 2.54. The Morgan fingerprint density at radius 1 is 1.00 bits per heavy atom. The van der Waals surface area contributed by atoms with E-state index in [1.165, 1.54) is 0 Å². The number of rotatable bonds is 6. The number of aliphatic hydroxyl groups excluding tert-OH is 1. The molecule has 2 aromatic rings. The average Bonchev–Trinajstić information content (AvgIpc) is 2.94. The molecule has 0 spiro atoms. The van der Waals surface area contributed by atoms with Gasteiger partial charge >= 0.3 is 0 Å². The Balaban J connectivity index is 2.00. The van der Waals surface area contributed by atoms with Gasteiger partial charge in [0.15, 0.2) is 11.5 Å². The van der Waals surface area contributed by atoms with Crippen molar-refractivity contribution in [1.82, 2.24) is 9.80 Å². The molecule has 4 rings (SSSR count). The van der Waals surface area contributed by atoms with Crippen LogP contribution in [0.1, 0.15) is 45.5 Å². The maximum atomic E-state index is 14.0. The van der Waals surface area contributed by atoms with Crippen molar-refractivity contribution in [3.8, 4) is 23.0 Å². The smallest absolute Gasteiger partial charge is 0.228 e. The second-order valence-corrected chi connectivity index (χ2v) is 9.49. The predicted octanol–water partition coefficient (Wildman–Crippen LogP) is 2.98. The van der Waals surface area contributed by atoms with Crippen molar-refractivity contribution in [2.45, 2.75) is 44.8 Å². The number of carbonyl (C=O) groups excluding carboxylic acids is 1. The molecule has 3 atom stereocenters. The van der Waals surface area contributed by atoms with Crippen molar-refractivity contribution in [2.75, 3.05) is 49.1 Å². The number of hydrogen-bond acceptors (Lipinski definition) is 7. The molecule has 0 aromatic heterocycles. The monoisotopic (exact) mass is 484 g/mol. The molecule has 0 saturated carbocycles. The van der Waals surface area contributed by atoms with Gasteiger partial charge in [0.05, 0.1) is 59.6 Å². The number of amides is 1. The summed E-state index contributed by atoms with van der Waals surface area (Å²) < 4.78 is 22.9. The van der Waals surface area contributed by atoms with Crippen molar-refractivity contribution in [3.63, 3.8) is 0 Å². The van der Waals surface area contributed by atoms with Crippen LogP contribution >= 0.6 is 0 Å². The number of ether oxygens (including phenoxy) is 4. The van der Waals surface area contributed by atoms with Crippen molar-refractivity contribution in [3.05, 3.63) is 45.5 Å². The van der Waals surface area contributed by atoms with E-state index in [-0.39, 0.29) is 31.0 Å². The van der Waals surface area contributed by atoms with Gasteiger partial charge in [-0.15, -0.1) is 0 Å². The summed E-state index contributed by atoms with van der Waals surface area (Å²) in [6.45, 7) is 3.70. The zero-order valence-corrected chi connectivity index (χ0v) is 21.9. The molecule has 0 saturated heterocycles. The highest BCUT2D eigenvalue weighted by molar-refractivity contribution is 5.83. The fourth-order valence-electron chi connectivity index (χ4n) is 6.15. The first-order valence-electron chi connectivity index (χ1n) is 11.8. The number of nitrogens with zero attached hydrogens (tertiary/aromatic N) is 2. The van der Waals surface area contributed by atoms with Crippen molar-refractivity contribution < 1.29 is 28.8 Å². The van der Waals surface area contributed by atoms with E-state index in [2.05, 4.69) is 11.0 Å². The number of fused-ring (bicyclic) bond motifs is 3. The van der Waals surface area contributed by atoms with Crippen LogP contribution in [0, 0.1) is 13.8 Å². The Kier molecular flexibility index (Phi) is 6.88. The Morgan fingerprint density at radius 3 is 2.20 bits per heavy atom. The molecule has 8 nitrogen and oxygen atoms in total. The van der Waals surface area contributed by atoms with Crippen LogP contribution in [0.5, 0.6) is 23.0 Å². The molecule has 2 aromatic carbocycles. The summed E-state index contributed by atoms with van der Waals surface area (Å²) in [6.07, 6.45) is 0.779. The third kappa shape index (κ3) is 3.79. The Bertz CT molecular complexity index is 1150. The van der Waals surface area contributed by atoms with Crippen LogP contribution in [-0.4, -0.2) is 76.0 Å². The molecule has 0 fully saturated rings. The van der Waals surface area contributed by atoms with E-state index in [1.807, 2.05) is 38.9 Å². The Hall–Kier alpha value is -2.97. The number of carbonyl (C=O) groups is 1. The van der Waals surface area contributed by atoms with Gasteiger partial charge in [0.1, 0.15) is 11.5 Å². The lowest BCUT2D eigenvalue weighted by Crippen LogP contribution is -2.52. The number of methoxy groups -OCH3 is 4. The minimum atomic E-state index is -0.563. The number of benzene rings is 2. The van der Waals surface area contributed by atoms with E-state index in [0.29, 0.717) is 23.7 Å². The quantitative estimate of drug-likeness (QED) is 0.675. The summed E-state index contributed by atoms with van der Waals surface area (Å²) >= 11 is 0. The van der Waals surface area contributed by atoms with Gasteiger partial charge in [-0.2, -0.15) is 0 Å². The fourth-order valence-corrected chi connectivity index (χ4v) is 6.15. The minimum absolute atomic E-state index is 0.0604. The molecule has 1 amide bonds. The van der Waals surface area contributed by atoms with Crippen LogP contribution in [0.25, 0.3) is 0 Å². The summed E-state index contributed by atoms with van der Waals surface area (Å²) in [5.41, 5.74) is 5.55. The van der Waals surface area contributed by atoms with E-state index in [1.54, 1.807) is 28.4 Å². The van der Waals surface area contributed by atoms with Crippen molar-refractivity contribution >= 4 is 5.91 Å². The molecule has 2 heterocycles. The van der Waals surface area contributed by atoms with Gasteiger partial charge in [-0.05, 0) is 57.1 Å². The normalized spacial score (nSPS) is 21.1. The highest BCUT2D eigenvalue weighted by atomic mass is 16.5. The molecule has 190 valence electrons. The van der Waals surface area contributed by atoms with Gasteiger partial charge in [-0.25, -0.2) is 0 Å². The lowest BCUT2D eigenvalue weighted by atomic mass is 9.81. The van der Waals surface area contributed by atoms with E-state index in [0.717, 1.165) is 39.1 Å². The zero-order valence-electron chi connectivity index (χ0n) is 21.9. The van der Waals surface area contributed by atoms with E-state index >= 15 is 0 Å². The molecule has 0 radical (unpaired) electrons. The summed E-state index contributed by atoms with van der Waals surface area (Å²) in [6, 6.07) is 3.22. The van der Waals surface area contributed by atoms with Gasteiger partial charge in [0.2, 0.25) is 5.91 Å². The predicted molar refractivity (Wildman–Crippen MR) is 133 cm³/mol. The maximum Gasteiger partial charge on any atom is 0.228 e. The van der Waals surface area contributed by atoms with E-state index in [9.17, 15) is 9.90 Å². The average molecular weight is 485 g/mol. The summed E-state index contributed by atoms with van der Waals surface area (Å²) in [4.78, 5) is 17.9. The molecular weight excluding hydrogens is 448 g/mol. The van der Waals surface area contributed by atoms with Crippen molar-refractivity contribution in [2.24, 2.45) is 0 Å². The fraction of sp³-hybridized carbons (Fsp3) is 0.519. The maximum absolute atomic E-state index is 14.0. The highest BCUT2D eigenvalue weighted by Gasteiger charge is 2.47. The Labute approximate surface area is 207 Å². The topological polar surface area (TPSA) is 80.7 Å². The van der Waals surface area contributed by atoms with Gasteiger partial charge in [0.25, 0.3) is 0 Å². The van der Waals surface area contributed by atoms with E-state index in [4.69, 9.17) is 18.9 Å². The molecule has 0 bridgehead atoms. The summed E-state index contributed by atoms with van der Waals surface area (Å²) in [5, 5.41) is 10.7.